The normalized spacial score (nSPS) is 14.4. The van der Waals surface area contributed by atoms with Crippen LogP contribution in [0.2, 0.25) is 0 Å². The first-order valence-corrected chi connectivity index (χ1v) is 6.63. The fourth-order valence-corrected chi connectivity index (χ4v) is 1.83. The summed E-state index contributed by atoms with van der Waals surface area (Å²) in [5.41, 5.74) is 7.03. The number of nitrogens with one attached hydrogen (secondary N) is 1. The van der Waals surface area contributed by atoms with E-state index in [-0.39, 0.29) is 23.7 Å². The van der Waals surface area contributed by atoms with Crippen LogP contribution in [-0.2, 0) is 0 Å². The fourth-order valence-electron chi connectivity index (χ4n) is 1.59. The highest BCUT2D eigenvalue weighted by atomic mass is 79.9. The molecule has 0 saturated heterocycles. The molecule has 1 aromatic heterocycles. The van der Waals surface area contributed by atoms with Crippen LogP contribution in [-0.4, -0.2) is 22.1 Å². The largest absolute Gasteiger partial charge is 0.398 e. The number of aromatic nitrogens is 2. The molecule has 0 radical (unpaired) electrons. The van der Waals surface area contributed by atoms with Gasteiger partial charge in [-0.1, -0.05) is 5.16 Å². The number of hydrogen-bond donors (Lipinski definition) is 2. The molecular weight excluding hydrogens is 312 g/mol. The lowest BCUT2D eigenvalue weighted by Crippen LogP contribution is -2.26. The van der Waals surface area contributed by atoms with Crippen LogP contribution in [0.5, 0.6) is 0 Å². The van der Waals surface area contributed by atoms with Crippen LogP contribution in [0.15, 0.2) is 27.2 Å². The zero-order valence-electron chi connectivity index (χ0n) is 9.89. The monoisotopic (exact) mass is 322 g/mol. The zero-order valence-corrected chi connectivity index (χ0v) is 11.5. The molecule has 3 rings (SSSR count). The van der Waals surface area contributed by atoms with Gasteiger partial charge in [-0.25, -0.2) is 0 Å². The zero-order chi connectivity index (χ0) is 13.4. The number of benzene rings is 1. The van der Waals surface area contributed by atoms with Crippen LogP contribution in [0.1, 0.15) is 23.5 Å². The molecule has 0 unspecified atom stereocenters. The van der Waals surface area contributed by atoms with Crippen LogP contribution in [0.3, 0.4) is 0 Å². The number of amides is 1. The third-order valence-corrected chi connectivity index (χ3v) is 3.51. The van der Waals surface area contributed by atoms with Crippen molar-refractivity contribution in [2.45, 2.75) is 18.9 Å². The number of nitrogen functional groups attached to an aromatic ring is 1. The van der Waals surface area contributed by atoms with Crippen molar-refractivity contribution in [3.63, 3.8) is 0 Å². The van der Waals surface area contributed by atoms with Gasteiger partial charge in [-0.3, -0.25) is 4.79 Å². The summed E-state index contributed by atoms with van der Waals surface area (Å²) < 4.78 is 5.87. The first-order valence-electron chi connectivity index (χ1n) is 5.83. The van der Waals surface area contributed by atoms with Gasteiger partial charge in [0.05, 0.1) is 0 Å². The maximum Gasteiger partial charge on any atom is 0.292 e. The summed E-state index contributed by atoms with van der Waals surface area (Å²) in [7, 11) is 0. The number of anilines is 1. The number of carbonyl (C=O) groups excluding carboxylic acids is 1. The Bertz CT molecular complexity index is 636. The number of halogens is 1. The maximum absolute atomic E-state index is 11.7. The summed E-state index contributed by atoms with van der Waals surface area (Å²) in [6.45, 7) is 0. The molecular formula is C12H11BrN4O2. The molecule has 3 N–H and O–H groups in total. The molecule has 0 bridgehead atoms. The van der Waals surface area contributed by atoms with Gasteiger partial charge in [0.1, 0.15) is 0 Å². The van der Waals surface area contributed by atoms with E-state index in [2.05, 4.69) is 31.4 Å². The lowest BCUT2D eigenvalue weighted by atomic mass is 10.2. The van der Waals surface area contributed by atoms with Gasteiger partial charge < -0.3 is 15.6 Å². The maximum atomic E-state index is 11.7. The summed E-state index contributed by atoms with van der Waals surface area (Å²) in [5, 5.41) is 6.47. The van der Waals surface area contributed by atoms with Crippen LogP contribution in [0.25, 0.3) is 11.5 Å². The van der Waals surface area contributed by atoms with E-state index in [1.807, 2.05) is 0 Å². The predicted octanol–water partition coefficient (Wildman–Crippen LogP) is 1.97. The lowest BCUT2D eigenvalue weighted by Gasteiger charge is -1.99. The summed E-state index contributed by atoms with van der Waals surface area (Å²) >= 11 is 3.31. The van der Waals surface area contributed by atoms with Gasteiger partial charge in [-0.05, 0) is 47.0 Å². The summed E-state index contributed by atoms with van der Waals surface area (Å²) in [5.74, 6) is 0.0196. The minimum absolute atomic E-state index is 0.0448. The van der Waals surface area contributed by atoms with Gasteiger partial charge in [-0.2, -0.15) is 4.98 Å². The third kappa shape index (κ3) is 2.60. The van der Waals surface area contributed by atoms with E-state index in [4.69, 9.17) is 10.3 Å². The molecule has 7 heteroatoms. The second-order valence-electron chi connectivity index (χ2n) is 4.41. The van der Waals surface area contributed by atoms with Crippen molar-refractivity contribution in [3.05, 3.63) is 28.5 Å². The van der Waals surface area contributed by atoms with Crippen molar-refractivity contribution in [3.8, 4) is 11.5 Å². The molecule has 1 aliphatic carbocycles. The van der Waals surface area contributed by atoms with Crippen molar-refractivity contribution in [2.24, 2.45) is 0 Å². The van der Waals surface area contributed by atoms with E-state index in [0.29, 0.717) is 11.3 Å². The van der Waals surface area contributed by atoms with Crippen LogP contribution < -0.4 is 11.1 Å². The molecule has 0 atom stereocenters. The van der Waals surface area contributed by atoms with E-state index in [1.165, 1.54) is 0 Å². The number of nitrogens with zero attached hydrogens (tertiary/aromatic N) is 2. The SMILES string of the molecule is Nc1cc(-c2nc(C(=O)NC3CC3)no2)ccc1Br. The Morgan fingerprint density at radius 1 is 1.47 bits per heavy atom. The Morgan fingerprint density at radius 2 is 2.26 bits per heavy atom. The van der Waals surface area contributed by atoms with Crippen molar-refractivity contribution in [1.82, 2.24) is 15.5 Å². The Morgan fingerprint density at radius 3 is 2.95 bits per heavy atom. The average Bonchev–Trinajstić information content (AvgIpc) is 3.06. The number of hydrogen-bond acceptors (Lipinski definition) is 5. The Kier molecular flexibility index (Phi) is 2.98. The smallest absolute Gasteiger partial charge is 0.292 e. The number of rotatable bonds is 3. The topological polar surface area (TPSA) is 94.0 Å². The molecule has 2 aromatic rings. The first-order chi connectivity index (χ1) is 9.13. The van der Waals surface area contributed by atoms with E-state index >= 15 is 0 Å². The molecule has 1 fully saturated rings. The van der Waals surface area contributed by atoms with E-state index < -0.39 is 0 Å². The summed E-state index contributed by atoms with van der Waals surface area (Å²) in [6, 6.07) is 5.55. The quantitative estimate of drug-likeness (QED) is 0.842. The minimum Gasteiger partial charge on any atom is -0.398 e. The highest BCUT2D eigenvalue weighted by Crippen LogP contribution is 2.26. The molecule has 6 nitrogen and oxygen atoms in total. The predicted molar refractivity (Wildman–Crippen MR) is 72.3 cm³/mol. The second-order valence-corrected chi connectivity index (χ2v) is 5.26. The lowest BCUT2D eigenvalue weighted by molar-refractivity contribution is 0.0937. The van der Waals surface area contributed by atoms with Crippen LogP contribution in [0, 0.1) is 0 Å². The van der Waals surface area contributed by atoms with E-state index in [1.54, 1.807) is 18.2 Å². The average molecular weight is 323 g/mol. The standard InChI is InChI=1S/C12H11BrN4O2/c13-8-4-1-6(5-9(8)14)12-16-10(17-19-12)11(18)15-7-2-3-7/h1,4-5,7H,2-3,14H2,(H,15,18). The van der Waals surface area contributed by atoms with Crippen molar-refractivity contribution < 1.29 is 9.32 Å². The molecule has 98 valence electrons. The van der Waals surface area contributed by atoms with E-state index in [9.17, 15) is 4.79 Å². The highest BCUT2D eigenvalue weighted by Gasteiger charge is 2.26. The Balaban J connectivity index is 1.83. The van der Waals surface area contributed by atoms with Crippen molar-refractivity contribution >= 4 is 27.5 Å². The van der Waals surface area contributed by atoms with Gasteiger partial charge in [0.25, 0.3) is 17.6 Å². The van der Waals surface area contributed by atoms with Gasteiger partial charge >= 0.3 is 0 Å². The minimum atomic E-state index is -0.303. The van der Waals surface area contributed by atoms with E-state index in [0.717, 1.165) is 17.3 Å². The first kappa shape index (κ1) is 12.2. The van der Waals surface area contributed by atoms with Gasteiger partial charge in [0.2, 0.25) is 0 Å². The third-order valence-electron chi connectivity index (χ3n) is 2.78. The Labute approximate surface area is 117 Å². The molecule has 1 saturated carbocycles. The number of carbonyl (C=O) groups is 1. The van der Waals surface area contributed by atoms with Gasteiger partial charge in [0, 0.05) is 21.8 Å². The highest BCUT2D eigenvalue weighted by molar-refractivity contribution is 9.10. The molecule has 0 aliphatic heterocycles. The second kappa shape index (κ2) is 4.65. The number of nitrogens with two attached hydrogens (primary N) is 1. The fraction of sp³-hybridized carbons (Fsp3) is 0.250. The summed E-state index contributed by atoms with van der Waals surface area (Å²) in [4.78, 5) is 15.8. The van der Waals surface area contributed by atoms with Crippen LogP contribution >= 0.6 is 15.9 Å². The molecule has 1 aliphatic rings. The van der Waals surface area contributed by atoms with Gasteiger partial charge in [0.15, 0.2) is 0 Å². The summed E-state index contributed by atoms with van der Waals surface area (Å²) in [6.07, 6.45) is 2.03. The molecule has 1 amide bonds. The molecule has 1 heterocycles. The van der Waals surface area contributed by atoms with Crippen molar-refractivity contribution in [1.29, 1.82) is 0 Å². The molecule has 1 aromatic carbocycles. The Hall–Kier alpha value is -1.89. The van der Waals surface area contributed by atoms with Crippen molar-refractivity contribution in [2.75, 3.05) is 5.73 Å². The molecule has 0 spiro atoms. The van der Waals surface area contributed by atoms with Crippen LogP contribution in [0.4, 0.5) is 5.69 Å². The van der Waals surface area contributed by atoms with Gasteiger partial charge in [-0.15, -0.1) is 0 Å². The molecule has 19 heavy (non-hydrogen) atoms.